The monoisotopic (exact) mass is 652 g/mol. The summed E-state index contributed by atoms with van der Waals surface area (Å²) in [7, 11) is 2.92. The van der Waals surface area contributed by atoms with Crippen LogP contribution in [0.5, 0.6) is 11.8 Å². The molecule has 2 heterocycles. The fourth-order valence-electron chi connectivity index (χ4n) is 3.20. The van der Waals surface area contributed by atoms with Crippen molar-refractivity contribution in [3.05, 3.63) is 23.5 Å². The van der Waals surface area contributed by atoms with E-state index >= 15 is 0 Å². The highest BCUT2D eigenvalue weighted by Crippen LogP contribution is 2.49. The van der Waals surface area contributed by atoms with Crippen molar-refractivity contribution in [1.82, 2.24) is 19.9 Å². The molecule has 0 aromatic carbocycles. The molecule has 0 spiro atoms. The summed E-state index contributed by atoms with van der Waals surface area (Å²) in [5.41, 5.74) is 1.47. The Morgan fingerprint density at radius 1 is 0.756 bits per heavy atom. The van der Waals surface area contributed by atoms with Gasteiger partial charge in [0.1, 0.15) is 0 Å². The first-order valence-corrected chi connectivity index (χ1v) is 18.2. The quantitative estimate of drug-likeness (QED) is 0.229. The summed E-state index contributed by atoms with van der Waals surface area (Å²) < 4.78 is 32.3. The lowest BCUT2D eigenvalue weighted by Gasteiger charge is -2.22. The summed E-state index contributed by atoms with van der Waals surface area (Å²) in [6.45, 7) is 11.9. The zero-order chi connectivity index (χ0) is 31.2. The largest absolute Gasteiger partial charge is 0.405 e. The molecule has 17 heteroatoms. The number of hydrogen-bond acceptors (Lipinski definition) is 14. The van der Waals surface area contributed by atoms with E-state index in [-0.39, 0.29) is 17.7 Å². The minimum absolute atomic E-state index is 0.145. The lowest BCUT2D eigenvalue weighted by molar-refractivity contribution is -0.116. The molecular formula is C24H42N6O7P2S2. The molecule has 0 fully saturated rings. The Labute approximate surface area is 253 Å². The van der Waals surface area contributed by atoms with E-state index in [1.807, 2.05) is 46.4 Å². The third-order valence-electron chi connectivity index (χ3n) is 5.05. The van der Waals surface area contributed by atoms with E-state index in [1.54, 1.807) is 19.1 Å². The van der Waals surface area contributed by atoms with Gasteiger partial charge < -0.3 is 23.0 Å². The second kappa shape index (κ2) is 18.0. The van der Waals surface area contributed by atoms with E-state index in [4.69, 9.17) is 50.8 Å². The molecule has 0 unspecified atom stereocenters. The topological polar surface area (TPSA) is 130 Å². The van der Waals surface area contributed by atoms with E-state index in [0.29, 0.717) is 37.3 Å². The minimum atomic E-state index is -2.90. The first kappa shape index (κ1) is 37.2. The van der Waals surface area contributed by atoms with Gasteiger partial charge in [-0.1, -0.05) is 0 Å². The number of rotatable bonds is 15. The third kappa shape index (κ3) is 12.1. The van der Waals surface area contributed by atoms with Gasteiger partial charge >= 0.3 is 13.4 Å². The molecule has 0 radical (unpaired) electrons. The summed E-state index contributed by atoms with van der Waals surface area (Å²) in [5, 5.41) is 0. The van der Waals surface area contributed by atoms with Gasteiger partial charge in [0.05, 0.1) is 13.2 Å². The number of nitrogens with zero attached hydrogens (tertiary/aromatic N) is 6. The molecule has 41 heavy (non-hydrogen) atoms. The maximum Gasteiger partial charge on any atom is 0.381 e. The lowest BCUT2D eigenvalue weighted by atomic mass is 10.4. The second-order valence-electron chi connectivity index (χ2n) is 8.01. The fraction of sp³-hybridized carbons (Fsp3) is 0.625. The molecule has 0 aliphatic heterocycles. The van der Waals surface area contributed by atoms with Gasteiger partial charge in [-0.3, -0.25) is 18.7 Å². The van der Waals surface area contributed by atoms with Gasteiger partial charge in [0.15, 0.2) is 0 Å². The Bertz CT molecular complexity index is 1210. The molecule has 0 saturated heterocycles. The van der Waals surface area contributed by atoms with Crippen molar-refractivity contribution in [2.75, 3.05) is 56.9 Å². The lowest BCUT2D eigenvalue weighted by Crippen LogP contribution is -2.30. The molecule has 1 amide bonds. The summed E-state index contributed by atoms with van der Waals surface area (Å²) in [5.74, 6) is 1.37. The Morgan fingerprint density at radius 2 is 1.20 bits per heavy atom. The molecule has 232 valence electrons. The van der Waals surface area contributed by atoms with E-state index in [2.05, 4.69) is 19.9 Å². The molecule has 0 aliphatic carbocycles. The highest BCUT2D eigenvalue weighted by atomic mass is 32.5. The van der Waals surface area contributed by atoms with Crippen molar-refractivity contribution in [3.8, 4) is 11.8 Å². The SMILES string of the molecule is CCN(CC)c1nc(C)cc(OP(=S)(OC)OC)n1.CCOP(=S)(OCC)Oc1cc(C)nc(N(CC)C(C)=O)n1. The van der Waals surface area contributed by atoms with Gasteiger partial charge in [0, 0.05) is 87.9 Å². The van der Waals surface area contributed by atoms with Crippen LogP contribution in [0.4, 0.5) is 11.9 Å². The van der Waals surface area contributed by atoms with Crippen molar-refractivity contribution < 1.29 is 31.9 Å². The molecule has 0 atom stereocenters. The molecule has 0 saturated carbocycles. The first-order valence-electron chi connectivity index (χ1n) is 13.1. The van der Waals surface area contributed by atoms with Gasteiger partial charge in [-0.2, -0.15) is 9.97 Å². The van der Waals surface area contributed by atoms with E-state index in [9.17, 15) is 4.79 Å². The maximum atomic E-state index is 11.6. The standard InChI is InChI=1S/C13H22N3O4PS.C11H20N3O3PS/c1-6-16(11(5)17)13-14-10(4)9-12(15-13)20-21(22,18-7-2)19-8-3;1-6-14(7-2)11-12-9(3)8-10(13-11)17-18(19,15-4)16-5/h9H,6-8H2,1-5H3;8H,6-7H2,1-5H3. The van der Waals surface area contributed by atoms with Crippen LogP contribution < -0.4 is 18.8 Å². The molecular weight excluding hydrogens is 610 g/mol. The van der Waals surface area contributed by atoms with Gasteiger partial charge in [0.2, 0.25) is 29.6 Å². The average Bonchev–Trinajstić information content (AvgIpc) is 2.89. The Hall–Kier alpha value is -1.83. The Morgan fingerprint density at radius 3 is 1.59 bits per heavy atom. The highest BCUT2D eigenvalue weighted by Gasteiger charge is 2.24. The number of aromatic nitrogens is 4. The van der Waals surface area contributed by atoms with Crippen LogP contribution in [0, 0.1) is 13.8 Å². The van der Waals surface area contributed by atoms with Gasteiger partial charge in [-0.05, 0) is 48.5 Å². The zero-order valence-electron chi connectivity index (χ0n) is 25.4. The number of carbonyl (C=O) groups is 1. The molecule has 2 aromatic heterocycles. The van der Waals surface area contributed by atoms with Crippen molar-refractivity contribution in [2.24, 2.45) is 0 Å². The van der Waals surface area contributed by atoms with Crippen LogP contribution in [0.3, 0.4) is 0 Å². The van der Waals surface area contributed by atoms with Crippen molar-refractivity contribution in [1.29, 1.82) is 0 Å². The van der Waals surface area contributed by atoms with Crippen LogP contribution in [-0.4, -0.2) is 72.9 Å². The van der Waals surface area contributed by atoms with Gasteiger partial charge in [-0.15, -0.1) is 0 Å². The van der Waals surface area contributed by atoms with E-state index in [0.717, 1.165) is 18.8 Å². The van der Waals surface area contributed by atoms with Crippen LogP contribution in [0.1, 0.15) is 52.9 Å². The summed E-state index contributed by atoms with van der Waals surface area (Å²) in [6, 6.07) is 3.35. The first-order chi connectivity index (χ1) is 19.3. The summed E-state index contributed by atoms with van der Waals surface area (Å²) in [6.07, 6.45) is 0. The summed E-state index contributed by atoms with van der Waals surface area (Å²) in [4.78, 5) is 32.4. The molecule has 13 nitrogen and oxygen atoms in total. The molecule has 0 aliphatic rings. The highest BCUT2D eigenvalue weighted by molar-refractivity contribution is 8.08. The fourth-order valence-corrected chi connectivity index (χ4v) is 6.05. The van der Waals surface area contributed by atoms with Crippen LogP contribution in [0.2, 0.25) is 0 Å². The number of aryl methyl sites for hydroxylation is 2. The smallest absolute Gasteiger partial charge is 0.381 e. The van der Waals surface area contributed by atoms with Crippen LogP contribution >= 0.6 is 13.4 Å². The van der Waals surface area contributed by atoms with Crippen LogP contribution in [0.15, 0.2) is 12.1 Å². The maximum absolute atomic E-state index is 11.6. The van der Waals surface area contributed by atoms with E-state index < -0.39 is 13.4 Å². The number of hydrogen-bond donors (Lipinski definition) is 0. The molecule has 0 N–H and O–H groups in total. The van der Waals surface area contributed by atoms with Crippen LogP contribution in [-0.2, 0) is 46.5 Å². The van der Waals surface area contributed by atoms with Crippen molar-refractivity contribution in [2.45, 2.75) is 55.4 Å². The predicted molar refractivity (Wildman–Crippen MR) is 168 cm³/mol. The van der Waals surface area contributed by atoms with Crippen molar-refractivity contribution in [3.63, 3.8) is 0 Å². The normalized spacial score (nSPS) is 11.4. The number of anilines is 2. The number of amides is 1. The number of carbonyl (C=O) groups excluding carboxylic acids is 1. The van der Waals surface area contributed by atoms with Gasteiger partial charge in [-0.25, -0.2) is 9.97 Å². The summed E-state index contributed by atoms with van der Waals surface area (Å²) >= 11 is 10.5. The molecule has 0 bridgehead atoms. The average molecular weight is 653 g/mol. The Kier molecular flexibility index (Phi) is 16.3. The van der Waals surface area contributed by atoms with Crippen molar-refractivity contribution >= 4 is 54.9 Å². The predicted octanol–water partition coefficient (Wildman–Crippen LogP) is 5.36. The Balaban J connectivity index is 0.000000414. The van der Waals surface area contributed by atoms with Gasteiger partial charge in [0.25, 0.3) is 0 Å². The minimum Gasteiger partial charge on any atom is -0.405 e. The zero-order valence-corrected chi connectivity index (χ0v) is 28.9. The van der Waals surface area contributed by atoms with E-state index in [1.165, 1.54) is 26.0 Å². The van der Waals surface area contributed by atoms with Crippen LogP contribution in [0.25, 0.3) is 0 Å². The molecule has 2 aromatic rings. The second-order valence-corrected chi connectivity index (χ2v) is 14.1. The molecule has 2 rings (SSSR count). The third-order valence-corrected chi connectivity index (χ3v) is 9.89.